The first-order valence-corrected chi connectivity index (χ1v) is 12.2. The number of halogens is 1. The molecule has 1 heterocycles. The van der Waals surface area contributed by atoms with Crippen molar-refractivity contribution in [3.63, 3.8) is 0 Å². The lowest BCUT2D eigenvalue weighted by Crippen LogP contribution is -2.13. The molecule has 0 bridgehead atoms. The number of nitrogens with one attached hydrogen (secondary N) is 1. The van der Waals surface area contributed by atoms with Crippen molar-refractivity contribution in [3.8, 4) is 5.75 Å². The SMILES string of the molecule is O=[N+]([O-])c1cc(S(=O)(=O)Nc2ccccc2)ccc1SCc1cc(Cl)cc2c1OCOC2. The summed E-state index contributed by atoms with van der Waals surface area (Å²) in [7, 11) is -3.99. The van der Waals surface area contributed by atoms with Gasteiger partial charge in [-0.15, -0.1) is 11.8 Å². The minimum Gasteiger partial charge on any atom is -0.467 e. The predicted octanol–water partition coefficient (Wildman–Crippen LogP) is 5.21. The second-order valence-electron chi connectivity index (χ2n) is 6.81. The molecule has 0 saturated heterocycles. The van der Waals surface area contributed by atoms with Gasteiger partial charge in [0.05, 0.1) is 21.3 Å². The van der Waals surface area contributed by atoms with Gasteiger partial charge in [0.25, 0.3) is 15.7 Å². The zero-order chi connectivity index (χ0) is 22.7. The number of nitro groups is 1. The Morgan fingerprint density at radius 3 is 2.66 bits per heavy atom. The van der Waals surface area contributed by atoms with Crippen LogP contribution in [0.5, 0.6) is 5.75 Å². The molecule has 8 nitrogen and oxygen atoms in total. The number of nitrogens with zero attached hydrogens (tertiary/aromatic N) is 1. The number of rotatable bonds is 7. The van der Waals surface area contributed by atoms with Crippen molar-refractivity contribution in [3.05, 3.63) is 86.9 Å². The first-order chi connectivity index (χ1) is 15.3. The maximum Gasteiger partial charge on any atom is 0.284 e. The number of para-hydroxylation sites is 1. The Morgan fingerprint density at radius 1 is 1.12 bits per heavy atom. The molecule has 0 amide bonds. The van der Waals surface area contributed by atoms with E-state index in [4.69, 9.17) is 21.1 Å². The smallest absolute Gasteiger partial charge is 0.284 e. The van der Waals surface area contributed by atoms with Crippen LogP contribution in [0.15, 0.2) is 70.5 Å². The van der Waals surface area contributed by atoms with Gasteiger partial charge in [0.15, 0.2) is 6.79 Å². The highest BCUT2D eigenvalue weighted by Gasteiger charge is 2.23. The van der Waals surface area contributed by atoms with Gasteiger partial charge in [-0.2, -0.15) is 0 Å². The van der Waals surface area contributed by atoms with Crippen LogP contribution in [0.4, 0.5) is 11.4 Å². The molecule has 11 heteroatoms. The molecule has 1 aliphatic rings. The number of hydrogen-bond acceptors (Lipinski definition) is 7. The molecular formula is C21H17ClN2O6S2. The van der Waals surface area contributed by atoms with Crippen LogP contribution < -0.4 is 9.46 Å². The monoisotopic (exact) mass is 492 g/mol. The summed E-state index contributed by atoms with van der Waals surface area (Å²) in [5, 5.41) is 12.2. The summed E-state index contributed by atoms with van der Waals surface area (Å²) < 4.78 is 38.6. The highest BCUT2D eigenvalue weighted by molar-refractivity contribution is 7.98. The topological polar surface area (TPSA) is 108 Å². The first-order valence-electron chi connectivity index (χ1n) is 9.34. The van der Waals surface area contributed by atoms with Gasteiger partial charge in [0, 0.05) is 33.7 Å². The van der Waals surface area contributed by atoms with Gasteiger partial charge in [-0.25, -0.2) is 8.42 Å². The van der Waals surface area contributed by atoms with Crippen molar-refractivity contribution in [2.75, 3.05) is 11.5 Å². The van der Waals surface area contributed by atoms with Crippen LogP contribution in [0.3, 0.4) is 0 Å². The number of nitro benzene ring substituents is 1. The van der Waals surface area contributed by atoms with E-state index in [9.17, 15) is 18.5 Å². The fraction of sp³-hybridized carbons (Fsp3) is 0.143. The van der Waals surface area contributed by atoms with Crippen LogP contribution >= 0.6 is 23.4 Å². The van der Waals surface area contributed by atoms with Gasteiger partial charge in [-0.3, -0.25) is 14.8 Å². The van der Waals surface area contributed by atoms with Gasteiger partial charge < -0.3 is 9.47 Å². The van der Waals surface area contributed by atoms with Crippen LogP contribution in [0.1, 0.15) is 11.1 Å². The molecule has 0 aromatic heterocycles. The molecule has 0 radical (unpaired) electrons. The van der Waals surface area contributed by atoms with E-state index in [1.165, 1.54) is 23.9 Å². The second-order valence-corrected chi connectivity index (χ2v) is 9.95. The lowest BCUT2D eigenvalue weighted by molar-refractivity contribution is -0.388. The Bertz CT molecular complexity index is 1270. The fourth-order valence-corrected chi connectivity index (χ4v) is 5.48. The van der Waals surface area contributed by atoms with Crippen LogP contribution in [-0.2, 0) is 27.1 Å². The molecule has 0 atom stereocenters. The summed E-state index contributed by atoms with van der Waals surface area (Å²) in [6.45, 7) is 0.488. The number of sulfonamides is 1. The summed E-state index contributed by atoms with van der Waals surface area (Å²) in [5.41, 5.74) is 1.65. The minimum atomic E-state index is -3.99. The van der Waals surface area contributed by atoms with E-state index in [-0.39, 0.29) is 17.4 Å². The standard InChI is InChI=1S/C21H17ClN2O6S2/c22-16-8-14-11-29-13-30-21(14)15(9-16)12-31-20-7-6-18(10-19(20)24(25)26)32(27,28)23-17-4-2-1-3-5-17/h1-10,23H,11-13H2. The third-order valence-corrected chi connectivity index (χ3v) is 7.31. The van der Waals surface area contributed by atoms with E-state index >= 15 is 0 Å². The average Bonchev–Trinajstić information content (AvgIpc) is 2.77. The lowest BCUT2D eigenvalue weighted by atomic mass is 10.1. The number of anilines is 1. The fourth-order valence-electron chi connectivity index (χ4n) is 3.17. The summed E-state index contributed by atoms with van der Waals surface area (Å²) in [6, 6.07) is 15.6. The van der Waals surface area contributed by atoms with Crippen molar-refractivity contribution in [2.24, 2.45) is 0 Å². The van der Waals surface area contributed by atoms with E-state index in [0.29, 0.717) is 33.7 Å². The van der Waals surface area contributed by atoms with Crippen molar-refractivity contribution >= 4 is 44.8 Å². The number of ether oxygens (including phenoxy) is 2. The highest BCUT2D eigenvalue weighted by Crippen LogP contribution is 2.38. The van der Waals surface area contributed by atoms with Crippen molar-refractivity contribution < 1.29 is 22.8 Å². The minimum absolute atomic E-state index is 0.118. The van der Waals surface area contributed by atoms with E-state index in [0.717, 1.165) is 17.2 Å². The molecule has 0 spiro atoms. The Labute approximate surface area is 193 Å². The normalized spacial score (nSPS) is 13.2. The summed E-state index contributed by atoms with van der Waals surface area (Å²) >= 11 is 7.38. The van der Waals surface area contributed by atoms with Crippen LogP contribution in [-0.4, -0.2) is 20.1 Å². The number of fused-ring (bicyclic) bond motifs is 1. The van der Waals surface area contributed by atoms with Gasteiger partial charge in [0.2, 0.25) is 0 Å². The van der Waals surface area contributed by atoms with Crippen molar-refractivity contribution in [1.82, 2.24) is 0 Å². The number of thioether (sulfide) groups is 1. The van der Waals surface area contributed by atoms with Crippen LogP contribution in [0, 0.1) is 10.1 Å². The maximum atomic E-state index is 12.7. The molecule has 3 aromatic carbocycles. The number of benzene rings is 3. The second kappa shape index (κ2) is 9.37. The highest BCUT2D eigenvalue weighted by atomic mass is 35.5. The summed E-state index contributed by atoms with van der Waals surface area (Å²) in [4.78, 5) is 11.2. The zero-order valence-corrected chi connectivity index (χ0v) is 18.9. The van der Waals surface area contributed by atoms with Crippen LogP contribution in [0.2, 0.25) is 5.02 Å². The molecule has 0 fully saturated rings. The third kappa shape index (κ3) is 4.99. The first kappa shape index (κ1) is 22.4. The van der Waals surface area contributed by atoms with E-state index in [1.807, 2.05) is 0 Å². The van der Waals surface area contributed by atoms with E-state index in [2.05, 4.69) is 4.72 Å². The molecule has 4 rings (SSSR count). The van der Waals surface area contributed by atoms with Crippen LogP contribution in [0.25, 0.3) is 0 Å². The molecule has 0 aliphatic carbocycles. The lowest BCUT2D eigenvalue weighted by Gasteiger charge is -2.21. The Balaban J connectivity index is 1.59. The molecule has 32 heavy (non-hydrogen) atoms. The molecule has 3 aromatic rings. The average molecular weight is 493 g/mol. The zero-order valence-electron chi connectivity index (χ0n) is 16.5. The third-order valence-electron chi connectivity index (χ3n) is 4.60. The quantitative estimate of drug-likeness (QED) is 0.274. The maximum absolute atomic E-state index is 12.7. The predicted molar refractivity (Wildman–Crippen MR) is 122 cm³/mol. The van der Waals surface area contributed by atoms with E-state index < -0.39 is 14.9 Å². The summed E-state index contributed by atoms with van der Waals surface area (Å²) in [6.07, 6.45) is 0. The summed E-state index contributed by atoms with van der Waals surface area (Å²) in [5.74, 6) is 1.00. The Hall–Kier alpha value is -2.79. The van der Waals surface area contributed by atoms with Gasteiger partial charge in [-0.05, 0) is 36.4 Å². The van der Waals surface area contributed by atoms with Gasteiger partial charge in [-0.1, -0.05) is 29.8 Å². The molecule has 1 aliphatic heterocycles. The van der Waals surface area contributed by atoms with Gasteiger partial charge >= 0.3 is 0 Å². The Morgan fingerprint density at radius 2 is 1.91 bits per heavy atom. The Kier molecular flexibility index (Phi) is 6.56. The van der Waals surface area contributed by atoms with E-state index in [1.54, 1.807) is 42.5 Å². The molecule has 0 unspecified atom stereocenters. The number of hydrogen-bond donors (Lipinski definition) is 1. The van der Waals surface area contributed by atoms with Gasteiger partial charge in [0.1, 0.15) is 5.75 Å². The molecular weight excluding hydrogens is 476 g/mol. The molecule has 166 valence electrons. The molecule has 0 saturated carbocycles. The largest absolute Gasteiger partial charge is 0.467 e. The van der Waals surface area contributed by atoms with Crippen molar-refractivity contribution in [2.45, 2.75) is 22.2 Å². The van der Waals surface area contributed by atoms with Crippen molar-refractivity contribution in [1.29, 1.82) is 0 Å². The molecule has 1 N–H and O–H groups in total.